The highest BCUT2D eigenvalue weighted by Gasteiger charge is 2.34. The maximum atomic E-state index is 12.0. The van der Waals surface area contributed by atoms with Gasteiger partial charge in [-0.1, -0.05) is 6.08 Å². The van der Waals surface area contributed by atoms with Crippen molar-refractivity contribution < 1.29 is 18.1 Å². The van der Waals surface area contributed by atoms with Crippen molar-refractivity contribution in [2.45, 2.75) is 92.4 Å². The summed E-state index contributed by atoms with van der Waals surface area (Å²) in [5.74, 6) is 1.53. The second-order valence-electron chi connectivity index (χ2n) is 7.65. The second-order valence-corrected chi connectivity index (χ2v) is 11.4. The molecule has 0 bridgehead atoms. The molecule has 8 heteroatoms. The van der Waals surface area contributed by atoms with E-state index in [0.717, 1.165) is 12.8 Å². The Labute approximate surface area is 169 Å². The first-order valence-electron chi connectivity index (χ1n) is 9.89. The van der Waals surface area contributed by atoms with Gasteiger partial charge >= 0.3 is 7.60 Å². The van der Waals surface area contributed by atoms with Crippen LogP contribution in [0.1, 0.15) is 68.2 Å². The lowest BCUT2D eigenvalue weighted by Gasteiger charge is -2.45. The smallest absolute Gasteiger partial charge is 0.331 e. The Morgan fingerprint density at radius 1 is 0.852 bits per heavy atom. The average Bonchev–Trinajstić information content (AvgIpc) is 2.56. The lowest BCUT2D eigenvalue weighted by atomic mass is 10.3. The molecule has 0 aromatic rings. The highest BCUT2D eigenvalue weighted by atomic mass is 31.2. The Balaban J connectivity index is 5.02. The minimum absolute atomic E-state index is 0.408. The quantitative estimate of drug-likeness (QED) is 0.243. The van der Waals surface area contributed by atoms with E-state index in [1.165, 1.54) is 20.0 Å². The molecule has 0 saturated heterocycles. The molecule has 162 valence electrons. The molecule has 0 aromatic heterocycles. The van der Waals surface area contributed by atoms with Gasteiger partial charge in [0.15, 0.2) is 8.45 Å². The average molecular weight is 425 g/mol. The van der Waals surface area contributed by atoms with Crippen LogP contribution in [0.15, 0.2) is 11.9 Å². The fourth-order valence-electron chi connectivity index (χ4n) is 2.98. The maximum absolute atomic E-state index is 12.0. The molecule has 0 unspecified atom stereocenters. The molecule has 0 aliphatic heterocycles. The van der Waals surface area contributed by atoms with Crippen molar-refractivity contribution in [3.8, 4) is 0 Å². The summed E-state index contributed by atoms with van der Waals surface area (Å²) in [5, 5.41) is 0. The van der Waals surface area contributed by atoms with Crippen molar-refractivity contribution in [3.63, 3.8) is 0 Å². The van der Waals surface area contributed by atoms with E-state index < -0.39 is 16.0 Å². The third kappa shape index (κ3) is 9.49. The molecule has 0 aliphatic rings. The van der Waals surface area contributed by atoms with Crippen LogP contribution in [0, 0.1) is 0 Å². The molecule has 0 radical (unpaired) electrons. The van der Waals surface area contributed by atoms with Crippen LogP contribution in [-0.2, 0) is 18.1 Å². The Kier molecular flexibility index (Phi) is 13.5. The standard InChI is InChI=1S/C19H42N2O4P2/c1-16(2)20(17(3)4)26(21(18(5)6)19(7)8)25-14-12-11-13-15-27(22,23-9)24-10/h13,15-19H,11-12,14H2,1-10H3/b15-13+. The van der Waals surface area contributed by atoms with Crippen LogP contribution >= 0.6 is 16.0 Å². The largest absolute Gasteiger partial charge is 0.353 e. The van der Waals surface area contributed by atoms with E-state index in [-0.39, 0.29) is 0 Å². The van der Waals surface area contributed by atoms with Crippen LogP contribution < -0.4 is 0 Å². The molecular weight excluding hydrogens is 382 g/mol. The summed E-state index contributed by atoms with van der Waals surface area (Å²) in [6.45, 7) is 18.5. The van der Waals surface area contributed by atoms with Gasteiger partial charge < -0.3 is 13.6 Å². The van der Waals surface area contributed by atoms with E-state index in [2.05, 4.69) is 64.7 Å². The van der Waals surface area contributed by atoms with Crippen LogP contribution in [0.2, 0.25) is 0 Å². The van der Waals surface area contributed by atoms with Gasteiger partial charge in [-0.2, -0.15) is 0 Å². The predicted octanol–water partition coefficient (Wildman–Crippen LogP) is 6.25. The van der Waals surface area contributed by atoms with Gasteiger partial charge in [-0.05, 0) is 68.2 Å². The zero-order valence-corrected chi connectivity index (χ0v) is 20.8. The van der Waals surface area contributed by atoms with Gasteiger partial charge in [-0.3, -0.25) is 4.57 Å². The first kappa shape index (κ1) is 27.2. The number of nitrogens with zero attached hydrogens (tertiary/aromatic N) is 2. The monoisotopic (exact) mass is 424 g/mol. The topological polar surface area (TPSA) is 51.2 Å². The van der Waals surface area contributed by atoms with E-state index >= 15 is 0 Å². The molecule has 0 saturated carbocycles. The molecule has 0 aliphatic carbocycles. The molecular formula is C19H42N2O4P2. The van der Waals surface area contributed by atoms with E-state index in [1.54, 1.807) is 0 Å². The van der Waals surface area contributed by atoms with E-state index in [1.807, 2.05) is 6.08 Å². The van der Waals surface area contributed by atoms with E-state index in [9.17, 15) is 4.57 Å². The Morgan fingerprint density at radius 3 is 1.59 bits per heavy atom. The Bertz CT molecular complexity index is 427. The van der Waals surface area contributed by atoms with Gasteiger partial charge in [0.25, 0.3) is 0 Å². The summed E-state index contributed by atoms with van der Waals surface area (Å²) in [7, 11) is -1.14. The Hall–Kier alpha value is 0.200. The summed E-state index contributed by atoms with van der Waals surface area (Å²) in [6, 6.07) is 1.63. The van der Waals surface area contributed by atoms with Crippen molar-refractivity contribution in [1.82, 2.24) is 9.34 Å². The summed E-state index contributed by atoms with van der Waals surface area (Å²) in [6.07, 6.45) is 3.48. The molecule has 0 spiro atoms. The van der Waals surface area contributed by atoms with E-state index in [0.29, 0.717) is 30.8 Å². The van der Waals surface area contributed by atoms with Crippen molar-refractivity contribution in [2.24, 2.45) is 0 Å². The SMILES string of the molecule is COP(=O)(/C=C/CCCOP(N(C(C)C)C(C)C)N(C(C)C)C(C)C)OC. The normalized spacial score (nSPS) is 13.8. The van der Waals surface area contributed by atoms with Crippen molar-refractivity contribution >= 4 is 16.0 Å². The van der Waals surface area contributed by atoms with Gasteiger partial charge in [0, 0.05) is 44.2 Å². The highest BCUT2D eigenvalue weighted by molar-refractivity contribution is 7.57. The molecule has 0 aromatic carbocycles. The third-order valence-electron chi connectivity index (χ3n) is 4.03. The van der Waals surface area contributed by atoms with Crippen LogP contribution in [0.5, 0.6) is 0 Å². The number of hydrogen-bond acceptors (Lipinski definition) is 6. The van der Waals surface area contributed by atoms with Crippen LogP contribution in [0.3, 0.4) is 0 Å². The first-order valence-corrected chi connectivity index (χ1v) is 12.7. The zero-order chi connectivity index (χ0) is 21.2. The van der Waals surface area contributed by atoms with Gasteiger partial charge in [-0.25, -0.2) is 9.34 Å². The molecule has 0 atom stereocenters. The van der Waals surface area contributed by atoms with Gasteiger partial charge in [0.1, 0.15) is 0 Å². The number of allylic oxidation sites excluding steroid dienone is 1. The predicted molar refractivity (Wildman–Crippen MR) is 117 cm³/mol. The zero-order valence-electron chi connectivity index (χ0n) is 19.0. The molecule has 0 amide bonds. The molecule has 0 heterocycles. The lowest BCUT2D eigenvalue weighted by molar-refractivity contribution is 0.185. The lowest BCUT2D eigenvalue weighted by Crippen LogP contribution is -2.43. The van der Waals surface area contributed by atoms with Gasteiger partial charge in [0.05, 0.1) is 6.61 Å². The van der Waals surface area contributed by atoms with Crippen LogP contribution in [0.25, 0.3) is 0 Å². The van der Waals surface area contributed by atoms with Crippen molar-refractivity contribution in [2.75, 3.05) is 20.8 Å². The summed E-state index contributed by atoms with van der Waals surface area (Å²) >= 11 is 0. The number of hydrogen-bond donors (Lipinski definition) is 0. The summed E-state index contributed by atoms with van der Waals surface area (Å²) in [5.41, 5.74) is 0. The van der Waals surface area contributed by atoms with Crippen molar-refractivity contribution in [1.29, 1.82) is 0 Å². The fraction of sp³-hybridized carbons (Fsp3) is 0.895. The van der Waals surface area contributed by atoms with Crippen LogP contribution in [0.4, 0.5) is 0 Å². The highest BCUT2D eigenvalue weighted by Crippen LogP contribution is 2.51. The molecule has 0 fully saturated rings. The number of rotatable bonds is 14. The van der Waals surface area contributed by atoms with Gasteiger partial charge in [-0.15, -0.1) is 0 Å². The maximum Gasteiger partial charge on any atom is 0.353 e. The molecule has 0 N–H and O–H groups in total. The minimum atomic E-state index is -3.07. The number of unbranched alkanes of at least 4 members (excludes halogenated alkanes) is 1. The van der Waals surface area contributed by atoms with Gasteiger partial charge in [0.2, 0.25) is 0 Å². The summed E-state index contributed by atoms with van der Waals surface area (Å²) in [4.78, 5) is 0. The fourth-order valence-corrected chi connectivity index (χ4v) is 6.16. The molecule has 0 rings (SSSR count). The molecule has 6 nitrogen and oxygen atoms in total. The minimum Gasteiger partial charge on any atom is -0.331 e. The van der Waals surface area contributed by atoms with Crippen molar-refractivity contribution in [3.05, 3.63) is 11.9 Å². The van der Waals surface area contributed by atoms with E-state index in [4.69, 9.17) is 13.6 Å². The second kappa shape index (κ2) is 13.4. The third-order valence-corrected chi connectivity index (χ3v) is 8.68. The Morgan fingerprint density at radius 2 is 1.26 bits per heavy atom. The molecule has 27 heavy (non-hydrogen) atoms. The summed E-state index contributed by atoms with van der Waals surface area (Å²) < 4.78 is 33.2. The van der Waals surface area contributed by atoms with Crippen LogP contribution in [-0.4, -0.2) is 54.3 Å². The first-order chi connectivity index (χ1) is 12.5.